The van der Waals surface area contributed by atoms with Crippen molar-refractivity contribution in [2.24, 2.45) is 0 Å². The molecule has 7 heavy (non-hydrogen) atoms. The molecule has 0 N–H and O–H groups in total. The van der Waals surface area contributed by atoms with E-state index in [1.807, 2.05) is 6.92 Å². The van der Waals surface area contributed by atoms with E-state index in [0.717, 1.165) is 6.29 Å². The molecule has 0 rings (SSSR count). The second-order valence-electron chi connectivity index (χ2n) is 1.04. The molecule has 0 aliphatic carbocycles. The number of thioether (sulfide) groups is 1. The number of carbonyl (C=O) groups excluding carboxylic acids is 1. The Morgan fingerprint density at radius 1 is 2.00 bits per heavy atom. The molecule has 0 heterocycles. The van der Waals surface area contributed by atoms with E-state index in [1.54, 1.807) is 0 Å². The van der Waals surface area contributed by atoms with Crippen molar-refractivity contribution in [2.45, 2.75) is 11.6 Å². The summed E-state index contributed by atoms with van der Waals surface area (Å²) in [6.45, 7) is 1.84. The molecule has 0 aromatic rings. The van der Waals surface area contributed by atoms with Crippen molar-refractivity contribution in [1.29, 1.82) is 0 Å². The number of hydrogen-bond acceptors (Lipinski definition) is 2. The summed E-state index contributed by atoms with van der Waals surface area (Å²) < 4.78 is 0.0604. The molecular formula is C4H7ClOS. The van der Waals surface area contributed by atoms with E-state index >= 15 is 0 Å². The van der Waals surface area contributed by atoms with Gasteiger partial charge in [-0.1, -0.05) is 0 Å². The van der Waals surface area contributed by atoms with Crippen LogP contribution in [0.5, 0.6) is 0 Å². The molecular weight excluding hydrogens is 132 g/mol. The summed E-state index contributed by atoms with van der Waals surface area (Å²) in [7, 11) is 0. The summed E-state index contributed by atoms with van der Waals surface area (Å²) in [5, 5.41) is 0. The molecule has 0 saturated carbocycles. The largest absolute Gasteiger partial charge is 0.302 e. The van der Waals surface area contributed by atoms with Gasteiger partial charge in [0.15, 0.2) is 0 Å². The minimum atomic E-state index is 0.0604. The van der Waals surface area contributed by atoms with Crippen LogP contribution in [0.1, 0.15) is 6.92 Å². The fourth-order valence-corrected chi connectivity index (χ4v) is 0.734. The first-order valence-electron chi connectivity index (χ1n) is 1.96. The van der Waals surface area contributed by atoms with Crippen LogP contribution in [0.3, 0.4) is 0 Å². The molecule has 0 radical (unpaired) electrons. The van der Waals surface area contributed by atoms with E-state index in [-0.39, 0.29) is 4.71 Å². The van der Waals surface area contributed by atoms with Crippen molar-refractivity contribution in [3.05, 3.63) is 0 Å². The van der Waals surface area contributed by atoms with Crippen LogP contribution >= 0.6 is 23.4 Å². The normalized spacial score (nSPS) is 13.4. The third kappa shape index (κ3) is 6.31. The van der Waals surface area contributed by atoms with Gasteiger partial charge >= 0.3 is 0 Å². The standard InChI is InChI=1S/C4H7ClOS/c1-4(5)7-3-2-6/h2,4H,3H2,1H3. The third-order valence-corrected chi connectivity index (χ3v) is 1.56. The van der Waals surface area contributed by atoms with Gasteiger partial charge in [0.05, 0.1) is 10.5 Å². The summed E-state index contributed by atoms with van der Waals surface area (Å²) in [6, 6.07) is 0. The van der Waals surface area contributed by atoms with Crippen molar-refractivity contribution in [3.8, 4) is 0 Å². The molecule has 1 nitrogen and oxygen atoms in total. The van der Waals surface area contributed by atoms with Gasteiger partial charge in [0.25, 0.3) is 0 Å². The van der Waals surface area contributed by atoms with E-state index in [1.165, 1.54) is 11.8 Å². The third-order valence-electron chi connectivity index (χ3n) is 0.394. The average Bonchev–Trinajstić information content (AvgIpc) is 1.61. The van der Waals surface area contributed by atoms with E-state index in [9.17, 15) is 4.79 Å². The molecule has 0 aromatic heterocycles. The smallest absolute Gasteiger partial charge is 0.129 e. The number of aldehydes is 1. The van der Waals surface area contributed by atoms with Gasteiger partial charge in [-0.15, -0.1) is 23.4 Å². The van der Waals surface area contributed by atoms with Gasteiger partial charge in [0.2, 0.25) is 0 Å². The molecule has 3 heteroatoms. The summed E-state index contributed by atoms with van der Waals surface area (Å²) in [6.07, 6.45) is 0.851. The molecule has 0 aliphatic rings. The first-order valence-corrected chi connectivity index (χ1v) is 3.45. The maximum atomic E-state index is 9.63. The molecule has 42 valence electrons. The van der Waals surface area contributed by atoms with E-state index < -0.39 is 0 Å². The second kappa shape index (κ2) is 4.47. The lowest BCUT2D eigenvalue weighted by Gasteiger charge is -1.93. The average molecular weight is 139 g/mol. The minimum Gasteiger partial charge on any atom is -0.302 e. The van der Waals surface area contributed by atoms with Crippen LogP contribution in [0.4, 0.5) is 0 Å². The fraction of sp³-hybridized carbons (Fsp3) is 0.750. The maximum Gasteiger partial charge on any atom is 0.129 e. The Bertz CT molecular complexity index is 55.7. The zero-order valence-electron chi connectivity index (χ0n) is 4.06. The van der Waals surface area contributed by atoms with Gasteiger partial charge in [-0.05, 0) is 6.92 Å². The summed E-state index contributed by atoms with van der Waals surface area (Å²) in [4.78, 5) is 9.63. The van der Waals surface area contributed by atoms with Crippen LogP contribution in [0.2, 0.25) is 0 Å². The van der Waals surface area contributed by atoms with Crippen molar-refractivity contribution in [3.63, 3.8) is 0 Å². The Kier molecular flexibility index (Phi) is 4.67. The predicted octanol–water partition coefficient (Wildman–Crippen LogP) is 1.50. The van der Waals surface area contributed by atoms with Crippen LogP contribution in [-0.4, -0.2) is 16.7 Å². The topological polar surface area (TPSA) is 17.1 Å². The van der Waals surface area contributed by atoms with Gasteiger partial charge in [-0.25, -0.2) is 0 Å². The summed E-state index contributed by atoms with van der Waals surface area (Å²) in [5.74, 6) is 0.505. The number of alkyl halides is 1. The Labute approximate surface area is 52.4 Å². The molecule has 0 saturated heterocycles. The zero-order valence-corrected chi connectivity index (χ0v) is 5.63. The van der Waals surface area contributed by atoms with Gasteiger partial charge in [0, 0.05) is 0 Å². The van der Waals surface area contributed by atoms with Crippen molar-refractivity contribution in [1.82, 2.24) is 0 Å². The fourth-order valence-electron chi connectivity index (χ4n) is 0.172. The van der Waals surface area contributed by atoms with Gasteiger partial charge in [-0.2, -0.15) is 0 Å². The lowest BCUT2D eigenvalue weighted by Crippen LogP contribution is -1.85. The van der Waals surface area contributed by atoms with Gasteiger partial charge in [-0.3, -0.25) is 0 Å². The molecule has 0 fully saturated rings. The first-order chi connectivity index (χ1) is 3.27. The quantitative estimate of drug-likeness (QED) is 0.435. The van der Waals surface area contributed by atoms with E-state index in [0.29, 0.717) is 5.75 Å². The summed E-state index contributed by atoms with van der Waals surface area (Å²) >= 11 is 6.89. The molecule has 1 unspecified atom stereocenters. The van der Waals surface area contributed by atoms with Crippen LogP contribution in [-0.2, 0) is 4.79 Å². The molecule has 1 atom stereocenters. The van der Waals surface area contributed by atoms with Crippen LogP contribution in [0, 0.1) is 0 Å². The predicted molar refractivity (Wildman–Crippen MR) is 33.8 cm³/mol. The van der Waals surface area contributed by atoms with Crippen molar-refractivity contribution < 1.29 is 4.79 Å². The molecule has 0 aromatic carbocycles. The lowest BCUT2D eigenvalue weighted by molar-refractivity contribution is -0.105. The Morgan fingerprint density at radius 2 is 2.57 bits per heavy atom. The minimum absolute atomic E-state index is 0.0604. The van der Waals surface area contributed by atoms with Crippen molar-refractivity contribution in [2.75, 3.05) is 5.75 Å². The van der Waals surface area contributed by atoms with Gasteiger partial charge < -0.3 is 4.79 Å². The van der Waals surface area contributed by atoms with Crippen LogP contribution < -0.4 is 0 Å². The van der Waals surface area contributed by atoms with E-state index in [2.05, 4.69) is 0 Å². The second-order valence-corrected chi connectivity index (χ2v) is 3.33. The highest BCUT2D eigenvalue weighted by Gasteiger charge is 1.91. The lowest BCUT2D eigenvalue weighted by atomic mass is 10.9. The van der Waals surface area contributed by atoms with E-state index in [4.69, 9.17) is 11.6 Å². The monoisotopic (exact) mass is 138 g/mol. The molecule has 0 aliphatic heterocycles. The number of rotatable bonds is 3. The molecule has 0 spiro atoms. The number of halogens is 1. The van der Waals surface area contributed by atoms with Crippen LogP contribution in [0.25, 0.3) is 0 Å². The highest BCUT2D eigenvalue weighted by Crippen LogP contribution is 2.11. The Hall–Kier alpha value is 0.310. The summed E-state index contributed by atoms with van der Waals surface area (Å²) in [5.41, 5.74) is 0. The number of hydrogen-bond donors (Lipinski definition) is 0. The Morgan fingerprint density at radius 3 is 2.71 bits per heavy atom. The molecule has 0 amide bonds. The number of carbonyl (C=O) groups is 1. The first kappa shape index (κ1) is 7.31. The van der Waals surface area contributed by atoms with Crippen LogP contribution in [0.15, 0.2) is 0 Å². The van der Waals surface area contributed by atoms with Crippen molar-refractivity contribution >= 4 is 29.6 Å². The molecule has 0 bridgehead atoms. The SMILES string of the molecule is CC(Cl)SCC=O. The maximum absolute atomic E-state index is 9.63. The Balaban J connectivity index is 2.81. The zero-order chi connectivity index (χ0) is 5.70. The van der Waals surface area contributed by atoms with Gasteiger partial charge in [0.1, 0.15) is 6.29 Å². The highest BCUT2D eigenvalue weighted by atomic mass is 35.5. The highest BCUT2D eigenvalue weighted by molar-refractivity contribution is 8.01.